The number of benzene rings is 6. The third-order valence-corrected chi connectivity index (χ3v) is 13.4. The maximum absolute atomic E-state index is 15.0. The second-order valence-corrected chi connectivity index (χ2v) is 17.6. The maximum atomic E-state index is 15.0. The van der Waals surface area contributed by atoms with Crippen LogP contribution in [0.25, 0.3) is 66.1 Å². The third-order valence-electron chi connectivity index (χ3n) is 13.4. The van der Waals surface area contributed by atoms with Gasteiger partial charge >= 0.3 is 35.1 Å². The summed E-state index contributed by atoms with van der Waals surface area (Å²) in [6.07, 6.45) is -14.2. The van der Waals surface area contributed by atoms with Crippen LogP contribution < -0.4 is 11.3 Å². The number of cyclic esters (lactones) is 2. The average molecular weight is 1080 g/mol. The zero-order valence-corrected chi connectivity index (χ0v) is 37.8. The molecule has 400 valence electrons. The fourth-order valence-corrected chi connectivity index (χ4v) is 9.96. The number of ether oxygens (including phenoxy) is 4. The molecule has 0 fully saturated rings. The maximum Gasteiger partial charge on any atom is 0.345 e. The zero-order chi connectivity index (χ0) is 56.5. The van der Waals surface area contributed by atoms with Crippen LogP contribution in [-0.4, -0.2) is 147 Å². The highest BCUT2D eigenvalue weighted by molar-refractivity contribution is 6.29. The minimum Gasteiger partial charge on any atom is -0.504 e. The van der Waals surface area contributed by atoms with Gasteiger partial charge in [-0.1, -0.05) is 0 Å². The Kier molecular flexibility index (Phi) is 10.2. The summed E-state index contributed by atoms with van der Waals surface area (Å²) >= 11 is 0. The fourth-order valence-electron chi connectivity index (χ4n) is 9.96. The number of aromatic hydroxyl groups is 16. The molecule has 4 aliphatic heterocycles. The summed E-state index contributed by atoms with van der Waals surface area (Å²) in [6.45, 7) is -1.68. The first-order chi connectivity index (χ1) is 36.7. The van der Waals surface area contributed by atoms with E-state index in [1.807, 2.05) is 0 Å². The highest BCUT2D eigenvalue weighted by Gasteiger charge is 2.53. The molecule has 0 saturated heterocycles. The first-order valence-electron chi connectivity index (χ1n) is 21.7. The van der Waals surface area contributed by atoms with Crippen molar-refractivity contribution in [1.29, 1.82) is 0 Å². The van der Waals surface area contributed by atoms with Gasteiger partial charge in [-0.05, 0) is 18.2 Å². The van der Waals surface area contributed by atoms with E-state index in [0.717, 1.165) is 0 Å². The molecule has 1 unspecified atom stereocenters. The van der Waals surface area contributed by atoms with Crippen LogP contribution >= 0.6 is 0 Å². The van der Waals surface area contributed by atoms with Crippen LogP contribution in [0.1, 0.15) is 53.1 Å². The van der Waals surface area contributed by atoms with Crippen LogP contribution in [0.4, 0.5) is 0 Å². The SMILES string of the molecule is O=C1O[C@H]([C@H]2OC(=O)c3cc(O)c(O)c(O)c3-c3c(O)c(O)c4oc(=O)c5c(c(O)c(O)c6oc(=O)c3c4c65)-c3c(cc(O)c(O)c3O)C(=O)OC[C@@H]2O)C2OC(=O)c3c(c(O)c(O)c(O)c3[C@H]2O)-c2c1cc(O)c(O)c2O. The quantitative estimate of drug-likeness (QED) is 0.0365. The molecule has 5 atom stereocenters. The summed E-state index contributed by atoms with van der Waals surface area (Å²) in [5.74, 6) is -32.3. The Morgan fingerprint density at radius 2 is 0.718 bits per heavy atom. The van der Waals surface area contributed by atoms with E-state index in [-0.39, 0.29) is 6.07 Å². The Bertz CT molecular complexity index is 4280. The van der Waals surface area contributed by atoms with Gasteiger partial charge in [-0.25, -0.2) is 28.8 Å². The van der Waals surface area contributed by atoms with E-state index < -0.39 is 258 Å². The number of phenolic OH excluding ortho intramolecular Hbond substituents is 16. The number of rotatable bonds is 1. The first-order valence-corrected chi connectivity index (χ1v) is 21.7. The zero-order valence-electron chi connectivity index (χ0n) is 37.8. The van der Waals surface area contributed by atoms with Gasteiger partial charge in [-0.2, -0.15) is 0 Å². The Balaban J connectivity index is 1.24. The van der Waals surface area contributed by atoms with Crippen LogP contribution in [0, 0.1) is 0 Å². The molecule has 0 saturated carbocycles. The molecule has 0 spiro atoms. The van der Waals surface area contributed by atoms with Crippen LogP contribution in [0.3, 0.4) is 0 Å². The van der Waals surface area contributed by atoms with Gasteiger partial charge in [0.05, 0.1) is 33.0 Å². The molecule has 0 aliphatic carbocycles. The predicted molar refractivity (Wildman–Crippen MR) is 245 cm³/mol. The molecule has 8 aromatic rings. The number of carbonyl (C=O) groups excluding carboxylic acids is 4. The molecule has 18 N–H and O–H groups in total. The van der Waals surface area contributed by atoms with Gasteiger partial charge in [-0.3, -0.25) is 0 Å². The van der Waals surface area contributed by atoms with Crippen LogP contribution in [0.15, 0.2) is 36.6 Å². The largest absolute Gasteiger partial charge is 0.504 e. The van der Waals surface area contributed by atoms with Gasteiger partial charge in [0.25, 0.3) is 0 Å². The number of aliphatic hydroxyl groups excluding tert-OH is 2. The summed E-state index contributed by atoms with van der Waals surface area (Å²) in [4.78, 5) is 86.4. The number of esters is 4. The van der Waals surface area contributed by atoms with Crippen molar-refractivity contribution in [2.75, 3.05) is 6.61 Å². The minimum atomic E-state index is -2.97. The lowest BCUT2D eigenvalue weighted by Gasteiger charge is -2.40. The predicted octanol–water partition coefficient (Wildman–Crippen LogP) is 1.65. The molecular weight excluding hydrogens is 1060 g/mol. The Labute approximate surface area is 424 Å². The number of hydrogen-bond acceptors (Lipinski definition) is 30. The van der Waals surface area contributed by atoms with E-state index >= 15 is 0 Å². The summed E-state index contributed by atoms with van der Waals surface area (Å²) < 4.78 is 32.5. The number of carbonyl (C=O) groups is 4. The van der Waals surface area contributed by atoms with E-state index in [2.05, 4.69) is 0 Å². The van der Waals surface area contributed by atoms with Crippen molar-refractivity contribution < 1.29 is 139 Å². The Hall–Kier alpha value is -11.1. The molecule has 78 heavy (non-hydrogen) atoms. The molecule has 30 heteroatoms. The Morgan fingerprint density at radius 3 is 1.17 bits per heavy atom. The van der Waals surface area contributed by atoms with E-state index in [0.29, 0.717) is 12.1 Å². The van der Waals surface area contributed by atoms with Gasteiger partial charge in [-0.15, -0.1) is 0 Å². The van der Waals surface area contributed by atoms with E-state index in [1.54, 1.807) is 0 Å². The van der Waals surface area contributed by atoms with Crippen molar-refractivity contribution in [1.82, 2.24) is 0 Å². The second-order valence-electron chi connectivity index (χ2n) is 17.6. The molecule has 0 radical (unpaired) electrons. The average Bonchev–Trinajstić information content (AvgIpc) is 3.06. The van der Waals surface area contributed by atoms with Crippen LogP contribution in [0.5, 0.6) is 92.0 Å². The van der Waals surface area contributed by atoms with Crippen LogP contribution in [-0.2, 0) is 18.9 Å². The number of fused-ring (bicyclic) bond motifs is 7. The lowest BCUT2D eigenvalue weighted by atomic mass is 9.82. The molecule has 6 heterocycles. The minimum absolute atomic E-state index is 0.231. The molecule has 2 aromatic heterocycles. The molecule has 6 aromatic carbocycles. The van der Waals surface area contributed by atoms with Crippen molar-refractivity contribution >= 4 is 56.6 Å². The van der Waals surface area contributed by atoms with Crippen molar-refractivity contribution in [3.63, 3.8) is 0 Å². The summed E-state index contributed by atoms with van der Waals surface area (Å²) in [5, 5.41) is 198. The normalized spacial score (nSPS) is 19.1. The summed E-state index contributed by atoms with van der Waals surface area (Å²) in [7, 11) is 0. The highest BCUT2D eigenvalue weighted by atomic mass is 16.6. The second kappa shape index (κ2) is 16.2. The van der Waals surface area contributed by atoms with Gasteiger partial charge in [0.15, 0.2) is 87.0 Å². The van der Waals surface area contributed by atoms with Gasteiger partial charge in [0, 0.05) is 49.7 Å². The molecule has 4 aliphatic rings. The Morgan fingerprint density at radius 1 is 0.346 bits per heavy atom. The molecular formula is C48H28O30. The molecule has 0 amide bonds. The number of hydrogen-bond donors (Lipinski definition) is 18. The topological polar surface area (TPSA) is 530 Å². The summed E-state index contributed by atoms with van der Waals surface area (Å²) in [6, 6.07) is 0.884. The monoisotopic (exact) mass is 1080 g/mol. The first kappa shape index (κ1) is 49.1. The van der Waals surface area contributed by atoms with Gasteiger partial charge in [0.1, 0.15) is 18.8 Å². The smallest absolute Gasteiger partial charge is 0.345 e. The highest BCUT2D eigenvalue weighted by Crippen LogP contribution is 2.60. The third kappa shape index (κ3) is 6.24. The van der Waals surface area contributed by atoms with Gasteiger partial charge < -0.3 is 120 Å². The van der Waals surface area contributed by atoms with Crippen molar-refractivity contribution in [2.45, 2.75) is 30.5 Å². The number of aliphatic hydroxyl groups is 2. The van der Waals surface area contributed by atoms with E-state index in [9.17, 15) is 121 Å². The van der Waals surface area contributed by atoms with Crippen molar-refractivity contribution in [3.05, 3.63) is 66.9 Å². The molecule has 12 rings (SSSR count). The van der Waals surface area contributed by atoms with Crippen LogP contribution in [0.2, 0.25) is 0 Å². The fraction of sp³-hybridized carbons (Fsp3) is 0.125. The summed E-state index contributed by atoms with van der Waals surface area (Å²) in [5.41, 5.74) is -19.6. The van der Waals surface area contributed by atoms with E-state index in [1.165, 1.54) is 0 Å². The lowest BCUT2D eigenvalue weighted by molar-refractivity contribution is -0.153. The van der Waals surface area contributed by atoms with Crippen molar-refractivity contribution in [3.8, 4) is 125 Å². The number of phenols is 16. The molecule has 30 nitrogen and oxygen atoms in total. The van der Waals surface area contributed by atoms with Gasteiger partial charge in [0.2, 0.25) is 34.5 Å². The molecule has 10 bridgehead atoms. The lowest BCUT2D eigenvalue weighted by Crippen LogP contribution is -2.55. The van der Waals surface area contributed by atoms with Crippen molar-refractivity contribution in [2.24, 2.45) is 0 Å². The van der Waals surface area contributed by atoms with E-state index in [4.69, 9.17) is 27.8 Å². The standard InChI is InChI=1S/C48H28O30/c49-8-1-5-12(27(56)24(8)53)15-20-18-19-21(47(71)76-39(18)36(65)31(15)60)16(32(61)37(66)40(19)75-46(20)70)13-6(2-9(50)25(54)28(13)57)44(68)74-38(11(52)4-73-43(5)67)42-41-34(63)23-22(48(72)77-41)17(30(59)35(64)33(23)62)14-7(45(69)78-42)3-10(51)26(55)29(14)58/h1-3,11,34,38,41-42,49-66H,4H2/t11-,34+,38-,41?,42+/m0/s1.